The first-order valence-corrected chi connectivity index (χ1v) is 7.02. The molecule has 0 fully saturated rings. The van der Waals surface area contributed by atoms with Crippen LogP contribution in [0.3, 0.4) is 0 Å². The Balaban J connectivity index is 2.68. The highest BCUT2D eigenvalue weighted by Gasteiger charge is 2.22. The third kappa shape index (κ3) is 2.47. The van der Waals surface area contributed by atoms with Gasteiger partial charge < -0.3 is 4.98 Å². The first kappa shape index (κ1) is 13.6. The molecule has 8 heteroatoms. The summed E-state index contributed by atoms with van der Waals surface area (Å²) in [6, 6.07) is 4.15. The van der Waals surface area contributed by atoms with E-state index in [1.807, 2.05) is 4.98 Å². The normalized spacial score (nSPS) is 11.5. The molecule has 0 saturated carbocycles. The molecule has 1 aromatic heterocycles. The van der Waals surface area contributed by atoms with Gasteiger partial charge in [-0.1, -0.05) is 17.7 Å². The van der Waals surface area contributed by atoms with E-state index in [0.29, 0.717) is 0 Å². The smallest absolute Gasteiger partial charge is 0.313 e. The van der Waals surface area contributed by atoms with Crippen LogP contribution in [0.2, 0.25) is 5.02 Å². The number of benzene rings is 1. The summed E-state index contributed by atoms with van der Waals surface area (Å²) in [6.07, 6.45) is 0.865. The zero-order chi connectivity index (χ0) is 14.2. The predicted molar refractivity (Wildman–Crippen MR) is 69.3 cm³/mol. The molecule has 0 spiro atoms. The number of H-pyrrole nitrogens is 2. The van der Waals surface area contributed by atoms with Crippen molar-refractivity contribution in [3.63, 3.8) is 0 Å². The molecule has 0 aliphatic heterocycles. The lowest BCUT2D eigenvalue weighted by Gasteiger charge is -2.05. The minimum absolute atomic E-state index is 0.111. The van der Waals surface area contributed by atoms with Gasteiger partial charge in [0, 0.05) is 11.2 Å². The predicted octanol–water partition coefficient (Wildman–Crippen LogP) is 0.858. The number of sulfone groups is 1. The van der Waals surface area contributed by atoms with Crippen LogP contribution in [0.5, 0.6) is 0 Å². The minimum atomic E-state index is -4.02. The van der Waals surface area contributed by atoms with Crippen molar-refractivity contribution >= 4 is 21.4 Å². The molecule has 0 saturated heterocycles. The van der Waals surface area contributed by atoms with E-state index in [0.717, 1.165) is 11.8 Å². The van der Waals surface area contributed by atoms with Crippen molar-refractivity contribution in [2.24, 2.45) is 0 Å². The molecular weight excluding hydrogens is 292 g/mol. The Kier molecular flexibility index (Phi) is 3.34. The second-order valence-corrected chi connectivity index (χ2v) is 6.18. The van der Waals surface area contributed by atoms with Crippen molar-refractivity contribution in [3.8, 4) is 0 Å². The average molecular weight is 301 g/mol. The van der Waals surface area contributed by atoms with Gasteiger partial charge in [0.25, 0.3) is 5.56 Å². The van der Waals surface area contributed by atoms with E-state index in [-0.39, 0.29) is 9.92 Å². The molecule has 0 amide bonds. The summed E-state index contributed by atoms with van der Waals surface area (Å²) in [4.78, 5) is 25.7. The molecular formula is C11H9ClN2O4S. The summed E-state index contributed by atoms with van der Waals surface area (Å²) in [5.74, 6) is 0. The molecule has 0 bridgehead atoms. The van der Waals surface area contributed by atoms with E-state index in [1.165, 1.54) is 18.2 Å². The largest absolute Gasteiger partial charge is 0.325 e. The van der Waals surface area contributed by atoms with Gasteiger partial charge in [0.15, 0.2) is 4.90 Å². The fourth-order valence-electron chi connectivity index (χ4n) is 1.46. The van der Waals surface area contributed by atoms with Gasteiger partial charge in [0.1, 0.15) is 0 Å². The summed E-state index contributed by atoms with van der Waals surface area (Å²) in [7, 11) is -4.02. The lowest BCUT2D eigenvalue weighted by Crippen LogP contribution is -2.26. The van der Waals surface area contributed by atoms with Gasteiger partial charge in [-0.2, -0.15) is 0 Å². The van der Waals surface area contributed by atoms with Crippen LogP contribution in [-0.4, -0.2) is 18.4 Å². The summed E-state index contributed by atoms with van der Waals surface area (Å²) in [5.41, 5.74) is -1.03. The lowest BCUT2D eigenvalue weighted by atomic mass is 10.2. The van der Waals surface area contributed by atoms with Crippen molar-refractivity contribution in [3.05, 3.63) is 55.8 Å². The second-order valence-electron chi connectivity index (χ2n) is 3.85. The highest BCUT2D eigenvalue weighted by molar-refractivity contribution is 7.91. The van der Waals surface area contributed by atoms with Crippen LogP contribution >= 0.6 is 11.6 Å². The van der Waals surface area contributed by atoms with Crippen molar-refractivity contribution in [2.45, 2.75) is 16.7 Å². The number of halogens is 1. The van der Waals surface area contributed by atoms with Crippen LogP contribution in [0.1, 0.15) is 5.56 Å². The third-order valence-electron chi connectivity index (χ3n) is 2.53. The van der Waals surface area contributed by atoms with Crippen LogP contribution in [0.25, 0.3) is 0 Å². The van der Waals surface area contributed by atoms with Crippen LogP contribution in [0, 0.1) is 6.92 Å². The van der Waals surface area contributed by atoms with Gasteiger partial charge in [0.05, 0.1) is 4.90 Å². The topological polar surface area (TPSA) is 99.9 Å². The van der Waals surface area contributed by atoms with E-state index in [9.17, 15) is 18.0 Å². The quantitative estimate of drug-likeness (QED) is 0.859. The number of aryl methyl sites for hydroxylation is 1. The first-order chi connectivity index (χ1) is 8.82. The molecule has 0 aliphatic carbocycles. The van der Waals surface area contributed by atoms with E-state index in [1.54, 1.807) is 6.92 Å². The number of rotatable bonds is 2. The molecule has 100 valence electrons. The molecule has 0 aliphatic rings. The van der Waals surface area contributed by atoms with Crippen LogP contribution in [0.15, 0.2) is 43.8 Å². The van der Waals surface area contributed by atoms with Crippen molar-refractivity contribution < 1.29 is 8.42 Å². The van der Waals surface area contributed by atoms with E-state index >= 15 is 0 Å². The number of hydrogen-bond acceptors (Lipinski definition) is 4. The summed E-state index contributed by atoms with van der Waals surface area (Å²) >= 11 is 5.86. The number of hydrogen-bond donors (Lipinski definition) is 2. The Labute approximate surface area is 113 Å². The molecule has 0 atom stereocenters. The minimum Gasteiger partial charge on any atom is -0.313 e. The average Bonchev–Trinajstić information content (AvgIpc) is 2.32. The maximum Gasteiger partial charge on any atom is 0.325 e. The molecule has 2 aromatic rings. The van der Waals surface area contributed by atoms with Gasteiger partial charge >= 0.3 is 5.69 Å². The molecule has 19 heavy (non-hydrogen) atoms. The van der Waals surface area contributed by atoms with Crippen molar-refractivity contribution in [2.75, 3.05) is 0 Å². The van der Waals surface area contributed by atoms with Crippen LogP contribution in [-0.2, 0) is 9.84 Å². The molecule has 1 aromatic carbocycles. The van der Waals surface area contributed by atoms with Gasteiger partial charge in [0.2, 0.25) is 9.84 Å². The molecule has 0 radical (unpaired) electrons. The molecule has 6 nitrogen and oxygen atoms in total. The fraction of sp³-hybridized carbons (Fsp3) is 0.0909. The van der Waals surface area contributed by atoms with Crippen LogP contribution in [0.4, 0.5) is 0 Å². The molecule has 2 rings (SSSR count). The molecule has 1 heterocycles. The molecule has 2 N–H and O–H groups in total. The summed E-state index contributed by atoms with van der Waals surface area (Å²) in [6.45, 7) is 1.73. The number of nitrogens with one attached hydrogen (secondary N) is 2. The summed E-state index contributed by atoms with van der Waals surface area (Å²) < 4.78 is 24.5. The monoisotopic (exact) mass is 300 g/mol. The Hall–Kier alpha value is -1.86. The zero-order valence-corrected chi connectivity index (χ0v) is 11.3. The Bertz CT molecular complexity index is 851. The highest BCUT2D eigenvalue weighted by Crippen LogP contribution is 2.23. The highest BCUT2D eigenvalue weighted by atomic mass is 35.5. The number of aromatic nitrogens is 2. The van der Waals surface area contributed by atoms with Crippen LogP contribution < -0.4 is 11.2 Å². The Morgan fingerprint density at radius 1 is 1.21 bits per heavy atom. The van der Waals surface area contributed by atoms with Crippen molar-refractivity contribution in [1.29, 1.82) is 0 Å². The van der Waals surface area contributed by atoms with E-state index < -0.39 is 26.0 Å². The second kappa shape index (κ2) is 4.67. The van der Waals surface area contributed by atoms with Gasteiger partial charge in [-0.3, -0.25) is 9.78 Å². The van der Waals surface area contributed by atoms with E-state index in [2.05, 4.69) is 4.98 Å². The summed E-state index contributed by atoms with van der Waals surface area (Å²) in [5, 5.41) is 0.280. The zero-order valence-electron chi connectivity index (χ0n) is 9.73. The first-order valence-electron chi connectivity index (χ1n) is 5.15. The fourth-order valence-corrected chi connectivity index (χ4v) is 2.99. The maximum atomic E-state index is 12.2. The third-order valence-corrected chi connectivity index (χ3v) is 4.69. The number of aromatic amines is 2. The van der Waals surface area contributed by atoms with E-state index in [4.69, 9.17) is 11.6 Å². The van der Waals surface area contributed by atoms with Gasteiger partial charge in [-0.15, -0.1) is 0 Å². The van der Waals surface area contributed by atoms with Gasteiger partial charge in [-0.25, -0.2) is 13.2 Å². The molecule has 0 unspecified atom stereocenters. The van der Waals surface area contributed by atoms with Crippen molar-refractivity contribution in [1.82, 2.24) is 9.97 Å². The SMILES string of the molecule is Cc1ccc(S(=O)(=O)c2c[nH]c(=O)[nH]c2=O)cc1Cl. The lowest BCUT2D eigenvalue weighted by molar-refractivity contribution is 0.594. The maximum absolute atomic E-state index is 12.2. The standard InChI is InChI=1S/C11H9ClN2O4S/c1-6-2-3-7(4-8(6)12)19(17,18)9-5-13-11(16)14-10(9)15/h2-5H,1H3,(H2,13,14,15,16). The Morgan fingerprint density at radius 2 is 1.89 bits per heavy atom. The Morgan fingerprint density at radius 3 is 2.47 bits per heavy atom. The van der Waals surface area contributed by atoms with Gasteiger partial charge in [-0.05, 0) is 24.6 Å².